The number of amides is 1. The molecule has 0 radical (unpaired) electrons. The SMILES string of the molecule is NCc1ccc(CC(=O)Nc2ccc(F)cc2F)cc1. The zero-order valence-corrected chi connectivity index (χ0v) is 10.7. The number of rotatable bonds is 4. The van der Waals surface area contributed by atoms with Crippen LogP contribution in [-0.2, 0) is 17.8 Å². The van der Waals surface area contributed by atoms with E-state index in [1.165, 1.54) is 6.07 Å². The summed E-state index contributed by atoms with van der Waals surface area (Å²) in [5, 5.41) is 2.41. The highest BCUT2D eigenvalue weighted by Gasteiger charge is 2.08. The maximum absolute atomic E-state index is 13.4. The molecule has 3 N–H and O–H groups in total. The number of hydrogen-bond donors (Lipinski definition) is 2. The molecule has 2 rings (SSSR count). The van der Waals surface area contributed by atoms with Crippen molar-refractivity contribution < 1.29 is 13.6 Å². The molecule has 5 heteroatoms. The van der Waals surface area contributed by atoms with E-state index in [2.05, 4.69) is 5.32 Å². The van der Waals surface area contributed by atoms with Gasteiger partial charge in [-0.2, -0.15) is 0 Å². The second kappa shape index (κ2) is 6.25. The minimum atomic E-state index is -0.795. The normalized spacial score (nSPS) is 10.3. The van der Waals surface area contributed by atoms with Crippen LogP contribution in [-0.4, -0.2) is 5.91 Å². The number of carbonyl (C=O) groups is 1. The van der Waals surface area contributed by atoms with Crippen molar-refractivity contribution in [2.45, 2.75) is 13.0 Å². The molecule has 104 valence electrons. The highest BCUT2D eigenvalue weighted by Crippen LogP contribution is 2.15. The molecular weight excluding hydrogens is 262 g/mol. The van der Waals surface area contributed by atoms with E-state index in [1.54, 1.807) is 12.1 Å². The van der Waals surface area contributed by atoms with Crippen LogP contribution in [0.15, 0.2) is 42.5 Å². The van der Waals surface area contributed by atoms with Crippen LogP contribution in [0.4, 0.5) is 14.5 Å². The second-order valence-corrected chi connectivity index (χ2v) is 4.37. The molecule has 2 aromatic carbocycles. The van der Waals surface area contributed by atoms with E-state index in [4.69, 9.17) is 5.73 Å². The van der Waals surface area contributed by atoms with Crippen molar-refractivity contribution >= 4 is 11.6 Å². The highest BCUT2D eigenvalue weighted by molar-refractivity contribution is 5.92. The Morgan fingerprint density at radius 3 is 2.30 bits per heavy atom. The van der Waals surface area contributed by atoms with Crippen LogP contribution < -0.4 is 11.1 Å². The molecule has 0 aromatic heterocycles. The Kier molecular flexibility index (Phi) is 4.42. The fraction of sp³-hybridized carbons (Fsp3) is 0.133. The average Bonchev–Trinajstić information content (AvgIpc) is 2.43. The van der Waals surface area contributed by atoms with E-state index in [-0.39, 0.29) is 18.0 Å². The van der Waals surface area contributed by atoms with Gasteiger partial charge in [-0.05, 0) is 23.3 Å². The molecule has 2 aromatic rings. The summed E-state index contributed by atoms with van der Waals surface area (Å²) in [6, 6.07) is 10.3. The Labute approximate surface area is 115 Å². The van der Waals surface area contributed by atoms with E-state index in [0.29, 0.717) is 6.54 Å². The van der Waals surface area contributed by atoms with Crippen LogP contribution in [0.5, 0.6) is 0 Å². The molecule has 0 aliphatic carbocycles. The van der Waals surface area contributed by atoms with E-state index in [1.807, 2.05) is 12.1 Å². The topological polar surface area (TPSA) is 55.1 Å². The summed E-state index contributed by atoms with van der Waals surface area (Å²) in [5.74, 6) is -1.84. The summed E-state index contributed by atoms with van der Waals surface area (Å²) < 4.78 is 26.1. The summed E-state index contributed by atoms with van der Waals surface area (Å²) in [6.07, 6.45) is 0.113. The quantitative estimate of drug-likeness (QED) is 0.902. The van der Waals surface area contributed by atoms with Gasteiger partial charge in [0.05, 0.1) is 12.1 Å². The lowest BCUT2D eigenvalue weighted by molar-refractivity contribution is -0.115. The maximum atomic E-state index is 13.4. The predicted octanol–water partition coefficient (Wildman–Crippen LogP) is 2.60. The third kappa shape index (κ3) is 3.61. The van der Waals surface area contributed by atoms with E-state index in [0.717, 1.165) is 23.3 Å². The fourth-order valence-corrected chi connectivity index (χ4v) is 1.76. The van der Waals surface area contributed by atoms with Gasteiger partial charge in [0, 0.05) is 12.6 Å². The number of hydrogen-bond acceptors (Lipinski definition) is 2. The molecular formula is C15H14F2N2O. The molecule has 3 nitrogen and oxygen atoms in total. The first kappa shape index (κ1) is 14.1. The first-order chi connectivity index (χ1) is 9.58. The predicted molar refractivity (Wildman–Crippen MR) is 73.0 cm³/mol. The Morgan fingerprint density at radius 2 is 1.70 bits per heavy atom. The zero-order valence-electron chi connectivity index (χ0n) is 10.7. The van der Waals surface area contributed by atoms with Gasteiger partial charge < -0.3 is 11.1 Å². The molecule has 0 spiro atoms. The van der Waals surface area contributed by atoms with Gasteiger partial charge in [0.1, 0.15) is 11.6 Å². The Morgan fingerprint density at radius 1 is 1.05 bits per heavy atom. The third-order valence-corrected chi connectivity index (χ3v) is 2.83. The van der Waals surface area contributed by atoms with E-state index >= 15 is 0 Å². The van der Waals surface area contributed by atoms with Crippen molar-refractivity contribution in [3.63, 3.8) is 0 Å². The van der Waals surface area contributed by atoms with Crippen LogP contribution >= 0.6 is 0 Å². The van der Waals surface area contributed by atoms with Gasteiger partial charge in [-0.25, -0.2) is 8.78 Å². The summed E-state index contributed by atoms with van der Waals surface area (Å²) in [7, 11) is 0. The van der Waals surface area contributed by atoms with Gasteiger partial charge in [-0.15, -0.1) is 0 Å². The number of anilines is 1. The number of nitrogens with two attached hydrogens (primary N) is 1. The van der Waals surface area contributed by atoms with Crippen molar-refractivity contribution in [2.75, 3.05) is 5.32 Å². The monoisotopic (exact) mass is 276 g/mol. The molecule has 0 unspecified atom stereocenters. The van der Waals surface area contributed by atoms with Gasteiger partial charge in [0.15, 0.2) is 0 Å². The van der Waals surface area contributed by atoms with Crippen LogP contribution in [0.2, 0.25) is 0 Å². The minimum absolute atomic E-state index is 0.0324. The van der Waals surface area contributed by atoms with Gasteiger partial charge >= 0.3 is 0 Å². The number of halogens is 2. The second-order valence-electron chi connectivity index (χ2n) is 4.37. The van der Waals surface area contributed by atoms with Crippen molar-refractivity contribution in [2.24, 2.45) is 5.73 Å². The molecule has 0 fully saturated rings. The molecule has 0 heterocycles. The van der Waals surface area contributed by atoms with E-state index in [9.17, 15) is 13.6 Å². The molecule has 0 bridgehead atoms. The lowest BCUT2D eigenvalue weighted by Gasteiger charge is -2.07. The van der Waals surface area contributed by atoms with Gasteiger partial charge in [0.25, 0.3) is 0 Å². The Bertz CT molecular complexity index is 612. The first-order valence-electron chi connectivity index (χ1n) is 6.11. The van der Waals surface area contributed by atoms with Gasteiger partial charge in [0.2, 0.25) is 5.91 Å². The lowest BCUT2D eigenvalue weighted by Crippen LogP contribution is -2.15. The summed E-state index contributed by atoms with van der Waals surface area (Å²) in [4.78, 5) is 11.8. The summed E-state index contributed by atoms with van der Waals surface area (Å²) in [6.45, 7) is 0.438. The van der Waals surface area contributed by atoms with Crippen molar-refractivity contribution in [3.8, 4) is 0 Å². The van der Waals surface area contributed by atoms with Gasteiger partial charge in [-0.1, -0.05) is 24.3 Å². The van der Waals surface area contributed by atoms with Crippen LogP contribution in [0.1, 0.15) is 11.1 Å². The summed E-state index contributed by atoms with van der Waals surface area (Å²) in [5.41, 5.74) is 7.21. The molecule has 0 aliphatic heterocycles. The molecule has 0 atom stereocenters. The standard InChI is InChI=1S/C15H14F2N2O/c16-12-5-6-14(13(17)8-12)19-15(20)7-10-1-3-11(9-18)4-2-10/h1-6,8H,7,9,18H2,(H,19,20). The number of carbonyl (C=O) groups excluding carboxylic acids is 1. The average molecular weight is 276 g/mol. The van der Waals surface area contributed by atoms with Crippen molar-refractivity contribution in [3.05, 3.63) is 65.2 Å². The van der Waals surface area contributed by atoms with E-state index < -0.39 is 11.6 Å². The zero-order chi connectivity index (χ0) is 14.5. The van der Waals surface area contributed by atoms with Crippen LogP contribution in [0.3, 0.4) is 0 Å². The lowest BCUT2D eigenvalue weighted by atomic mass is 10.1. The molecule has 0 aliphatic rings. The molecule has 0 saturated carbocycles. The highest BCUT2D eigenvalue weighted by atomic mass is 19.1. The first-order valence-corrected chi connectivity index (χ1v) is 6.11. The summed E-state index contributed by atoms with van der Waals surface area (Å²) >= 11 is 0. The number of benzene rings is 2. The van der Waals surface area contributed by atoms with Gasteiger partial charge in [-0.3, -0.25) is 4.79 Å². The third-order valence-electron chi connectivity index (χ3n) is 2.83. The molecule has 1 amide bonds. The van der Waals surface area contributed by atoms with Crippen LogP contribution in [0.25, 0.3) is 0 Å². The Hall–Kier alpha value is -2.27. The molecule has 20 heavy (non-hydrogen) atoms. The van der Waals surface area contributed by atoms with Crippen molar-refractivity contribution in [1.82, 2.24) is 0 Å². The Balaban J connectivity index is 2.01. The largest absolute Gasteiger partial charge is 0.326 e. The smallest absolute Gasteiger partial charge is 0.228 e. The maximum Gasteiger partial charge on any atom is 0.228 e. The van der Waals surface area contributed by atoms with Crippen molar-refractivity contribution in [1.29, 1.82) is 0 Å². The van der Waals surface area contributed by atoms with Crippen LogP contribution in [0, 0.1) is 11.6 Å². The molecule has 0 saturated heterocycles. The number of nitrogens with one attached hydrogen (secondary N) is 1. The minimum Gasteiger partial charge on any atom is -0.326 e. The fourth-order valence-electron chi connectivity index (χ4n) is 1.76.